The van der Waals surface area contributed by atoms with Crippen LogP contribution in [0.15, 0.2) is 35.2 Å². The molecule has 2 rings (SSSR count). The number of aliphatic hydroxyl groups excluding tert-OH is 1. The minimum Gasteiger partial charge on any atom is -0.388 e. The van der Waals surface area contributed by atoms with E-state index in [0.717, 1.165) is 17.7 Å². The van der Waals surface area contributed by atoms with Gasteiger partial charge in [-0.2, -0.15) is 0 Å². The highest BCUT2D eigenvalue weighted by molar-refractivity contribution is 5.14. The van der Waals surface area contributed by atoms with Gasteiger partial charge in [-0.15, -0.1) is 0 Å². The van der Waals surface area contributed by atoms with Crippen LogP contribution in [0, 0.1) is 0 Å². The van der Waals surface area contributed by atoms with Gasteiger partial charge in [-0.1, -0.05) is 12.1 Å². The molecule has 1 atom stereocenters. The fourth-order valence-corrected chi connectivity index (χ4v) is 1.49. The maximum absolute atomic E-state index is 9.62. The van der Waals surface area contributed by atoms with Gasteiger partial charge >= 0.3 is 0 Å². The van der Waals surface area contributed by atoms with Crippen LogP contribution in [-0.4, -0.2) is 14.8 Å². The van der Waals surface area contributed by atoms with Crippen molar-refractivity contribution in [1.29, 1.82) is 0 Å². The molecule has 2 aromatic rings. The monoisotopic (exact) mass is 206 g/mol. The van der Waals surface area contributed by atoms with Crippen LogP contribution in [0.2, 0.25) is 0 Å². The second kappa shape index (κ2) is 4.31. The van der Waals surface area contributed by atoms with Gasteiger partial charge in [-0.3, -0.25) is 0 Å². The SMILES string of the molecule is CCC(O)c1ccn(Cc2ccno2)c1. The van der Waals surface area contributed by atoms with E-state index in [9.17, 15) is 5.11 Å². The van der Waals surface area contributed by atoms with Gasteiger partial charge in [-0.05, 0) is 18.1 Å². The molecule has 2 aromatic heterocycles. The summed E-state index contributed by atoms with van der Waals surface area (Å²) in [5.74, 6) is 0.808. The zero-order chi connectivity index (χ0) is 10.7. The second-order valence-electron chi connectivity index (χ2n) is 3.52. The van der Waals surface area contributed by atoms with Gasteiger partial charge in [0.15, 0.2) is 5.76 Å². The summed E-state index contributed by atoms with van der Waals surface area (Å²) in [5.41, 5.74) is 0.942. The number of aliphatic hydroxyl groups is 1. The third kappa shape index (κ3) is 2.27. The Morgan fingerprint density at radius 1 is 1.53 bits per heavy atom. The number of nitrogens with zero attached hydrogens (tertiary/aromatic N) is 2. The molecule has 80 valence electrons. The normalized spacial score (nSPS) is 12.9. The minimum atomic E-state index is -0.374. The molecular weight excluding hydrogens is 192 g/mol. The van der Waals surface area contributed by atoms with Crippen molar-refractivity contribution in [3.8, 4) is 0 Å². The maximum Gasteiger partial charge on any atom is 0.156 e. The van der Waals surface area contributed by atoms with Gasteiger partial charge in [0, 0.05) is 18.5 Å². The van der Waals surface area contributed by atoms with Crippen LogP contribution in [0.25, 0.3) is 0 Å². The quantitative estimate of drug-likeness (QED) is 0.832. The maximum atomic E-state index is 9.62. The van der Waals surface area contributed by atoms with E-state index in [1.165, 1.54) is 0 Å². The lowest BCUT2D eigenvalue weighted by Gasteiger charge is -2.03. The third-order valence-electron chi connectivity index (χ3n) is 2.37. The zero-order valence-corrected chi connectivity index (χ0v) is 8.63. The number of hydrogen-bond donors (Lipinski definition) is 1. The number of rotatable bonds is 4. The van der Waals surface area contributed by atoms with E-state index in [1.807, 2.05) is 36.0 Å². The molecule has 0 amide bonds. The fourth-order valence-electron chi connectivity index (χ4n) is 1.49. The Bertz CT molecular complexity index is 406. The molecule has 0 bridgehead atoms. The van der Waals surface area contributed by atoms with Gasteiger partial charge in [0.25, 0.3) is 0 Å². The van der Waals surface area contributed by atoms with Crippen molar-refractivity contribution < 1.29 is 9.63 Å². The zero-order valence-electron chi connectivity index (χ0n) is 8.63. The smallest absolute Gasteiger partial charge is 0.156 e. The van der Waals surface area contributed by atoms with E-state index in [4.69, 9.17) is 4.52 Å². The lowest BCUT2D eigenvalue weighted by atomic mass is 10.1. The largest absolute Gasteiger partial charge is 0.388 e. The Morgan fingerprint density at radius 3 is 3.07 bits per heavy atom. The summed E-state index contributed by atoms with van der Waals surface area (Å²) < 4.78 is 6.97. The summed E-state index contributed by atoms with van der Waals surface area (Å²) in [7, 11) is 0. The topological polar surface area (TPSA) is 51.2 Å². The molecule has 1 unspecified atom stereocenters. The summed E-state index contributed by atoms with van der Waals surface area (Å²) in [5, 5.41) is 13.3. The van der Waals surface area contributed by atoms with Gasteiger partial charge < -0.3 is 14.2 Å². The molecule has 4 nitrogen and oxygen atoms in total. The van der Waals surface area contributed by atoms with E-state index >= 15 is 0 Å². The van der Waals surface area contributed by atoms with Crippen LogP contribution < -0.4 is 0 Å². The second-order valence-corrected chi connectivity index (χ2v) is 3.52. The van der Waals surface area contributed by atoms with Gasteiger partial charge in [0.05, 0.1) is 18.8 Å². The van der Waals surface area contributed by atoms with Gasteiger partial charge in [0.1, 0.15) is 0 Å². The molecular formula is C11H14N2O2. The molecule has 0 radical (unpaired) electrons. The summed E-state index contributed by atoms with van der Waals surface area (Å²) in [6.07, 6.45) is 5.83. The van der Waals surface area contributed by atoms with Gasteiger partial charge in [-0.25, -0.2) is 0 Å². The standard InChI is InChI=1S/C11H14N2O2/c1-2-11(14)9-4-6-13(7-9)8-10-3-5-12-15-10/h3-7,11,14H,2,8H2,1H3. The molecule has 4 heteroatoms. The lowest BCUT2D eigenvalue weighted by molar-refractivity contribution is 0.173. The predicted molar refractivity (Wildman–Crippen MR) is 55.3 cm³/mol. The molecule has 2 heterocycles. The van der Waals surface area contributed by atoms with E-state index in [1.54, 1.807) is 6.20 Å². The van der Waals surface area contributed by atoms with Crippen LogP contribution in [0.3, 0.4) is 0 Å². The predicted octanol–water partition coefficient (Wildman–Crippen LogP) is 1.97. The van der Waals surface area contributed by atoms with Crippen LogP contribution in [-0.2, 0) is 6.54 Å². The molecule has 0 spiro atoms. The van der Waals surface area contributed by atoms with Crippen molar-refractivity contribution in [1.82, 2.24) is 9.72 Å². The third-order valence-corrected chi connectivity index (χ3v) is 2.37. The van der Waals surface area contributed by atoms with Crippen molar-refractivity contribution in [3.05, 3.63) is 42.0 Å². The summed E-state index contributed by atoms with van der Waals surface area (Å²) in [6, 6.07) is 3.75. The highest BCUT2D eigenvalue weighted by Crippen LogP contribution is 2.16. The Hall–Kier alpha value is -1.55. The highest BCUT2D eigenvalue weighted by Gasteiger charge is 2.07. The number of aromatic nitrogens is 2. The Labute approximate surface area is 88.1 Å². The molecule has 0 aliphatic rings. The summed E-state index contributed by atoms with van der Waals surface area (Å²) in [4.78, 5) is 0. The fraction of sp³-hybridized carbons (Fsp3) is 0.364. The average molecular weight is 206 g/mol. The van der Waals surface area contributed by atoms with Crippen LogP contribution in [0.1, 0.15) is 30.8 Å². The molecule has 0 saturated heterocycles. The minimum absolute atomic E-state index is 0.374. The Balaban J connectivity index is 2.07. The first-order valence-electron chi connectivity index (χ1n) is 5.03. The molecule has 0 aliphatic carbocycles. The average Bonchev–Trinajstić information content (AvgIpc) is 2.88. The molecule has 0 fully saturated rings. The first-order valence-corrected chi connectivity index (χ1v) is 5.03. The van der Waals surface area contributed by atoms with E-state index < -0.39 is 0 Å². The number of hydrogen-bond acceptors (Lipinski definition) is 3. The highest BCUT2D eigenvalue weighted by atomic mass is 16.5. The van der Waals surface area contributed by atoms with Crippen molar-refractivity contribution in [2.75, 3.05) is 0 Å². The first kappa shape index (κ1) is 9.98. The van der Waals surface area contributed by atoms with Crippen molar-refractivity contribution in [2.45, 2.75) is 26.0 Å². The Kier molecular flexibility index (Phi) is 2.87. The molecule has 0 saturated carbocycles. The molecule has 15 heavy (non-hydrogen) atoms. The van der Waals surface area contributed by atoms with Crippen molar-refractivity contribution in [3.63, 3.8) is 0 Å². The lowest BCUT2D eigenvalue weighted by Crippen LogP contribution is -1.96. The molecule has 1 N–H and O–H groups in total. The van der Waals surface area contributed by atoms with Crippen molar-refractivity contribution in [2.24, 2.45) is 0 Å². The molecule has 0 aliphatic heterocycles. The molecule has 0 aromatic carbocycles. The first-order chi connectivity index (χ1) is 7.29. The van der Waals surface area contributed by atoms with Crippen LogP contribution in [0.4, 0.5) is 0 Å². The van der Waals surface area contributed by atoms with E-state index in [0.29, 0.717) is 6.54 Å². The van der Waals surface area contributed by atoms with E-state index in [2.05, 4.69) is 5.16 Å². The Morgan fingerprint density at radius 2 is 2.40 bits per heavy atom. The summed E-state index contributed by atoms with van der Waals surface area (Å²) in [6.45, 7) is 2.61. The summed E-state index contributed by atoms with van der Waals surface area (Å²) >= 11 is 0. The van der Waals surface area contributed by atoms with Gasteiger partial charge in [0.2, 0.25) is 0 Å². The van der Waals surface area contributed by atoms with E-state index in [-0.39, 0.29) is 6.10 Å². The van der Waals surface area contributed by atoms with Crippen LogP contribution >= 0.6 is 0 Å². The van der Waals surface area contributed by atoms with Crippen molar-refractivity contribution >= 4 is 0 Å². The van der Waals surface area contributed by atoms with Crippen LogP contribution in [0.5, 0.6) is 0 Å².